The summed E-state index contributed by atoms with van der Waals surface area (Å²) in [6.45, 7) is 7.05. The number of rotatable bonds is 4. The van der Waals surface area contributed by atoms with Gasteiger partial charge in [-0.15, -0.1) is 0 Å². The molecule has 0 saturated carbocycles. The molecular weight excluding hydrogens is 240 g/mol. The molecule has 0 spiro atoms. The Balaban J connectivity index is 2.21. The van der Waals surface area contributed by atoms with Gasteiger partial charge in [0, 0.05) is 5.92 Å². The molecule has 1 fully saturated rings. The second kappa shape index (κ2) is 5.45. The van der Waals surface area contributed by atoms with Crippen LogP contribution in [0, 0.1) is 5.92 Å². The molecule has 1 aliphatic heterocycles. The molecule has 3 nitrogen and oxygen atoms in total. The number of aliphatic hydroxyl groups is 1. The van der Waals surface area contributed by atoms with Crippen LogP contribution in [0.3, 0.4) is 0 Å². The van der Waals surface area contributed by atoms with Gasteiger partial charge in [0.25, 0.3) is 0 Å². The molecule has 1 aromatic rings. The van der Waals surface area contributed by atoms with Gasteiger partial charge in [0.1, 0.15) is 5.60 Å². The molecule has 1 unspecified atom stereocenters. The minimum absolute atomic E-state index is 0.192. The molecule has 3 heteroatoms. The molecule has 1 N–H and O–H groups in total. The summed E-state index contributed by atoms with van der Waals surface area (Å²) in [4.78, 5) is 0. The van der Waals surface area contributed by atoms with Crippen molar-refractivity contribution < 1.29 is 14.6 Å². The largest absolute Gasteiger partial charge is 0.381 e. The summed E-state index contributed by atoms with van der Waals surface area (Å²) in [6, 6.07) is 9.57. The lowest BCUT2D eigenvalue weighted by atomic mass is 9.93. The zero-order chi connectivity index (χ0) is 13.9. The molecule has 0 bridgehead atoms. The monoisotopic (exact) mass is 262 g/mol. The fourth-order valence-corrected chi connectivity index (χ4v) is 2.22. The van der Waals surface area contributed by atoms with Crippen molar-refractivity contribution in [3.8, 4) is 0 Å². The maximum Gasteiger partial charge on any atom is 0.190 e. The van der Waals surface area contributed by atoms with E-state index in [1.807, 2.05) is 50.3 Å². The first-order valence-electron chi connectivity index (χ1n) is 6.72. The van der Waals surface area contributed by atoms with Crippen LogP contribution in [0.2, 0.25) is 0 Å². The maximum absolute atomic E-state index is 10.5. The van der Waals surface area contributed by atoms with Crippen LogP contribution in [0.5, 0.6) is 0 Å². The molecule has 19 heavy (non-hydrogen) atoms. The van der Waals surface area contributed by atoms with Gasteiger partial charge in [-0.05, 0) is 24.6 Å². The van der Waals surface area contributed by atoms with Crippen LogP contribution in [0.15, 0.2) is 42.5 Å². The second-order valence-corrected chi connectivity index (χ2v) is 5.42. The van der Waals surface area contributed by atoms with Gasteiger partial charge < -0.3 is 14.6 Å². The van der Waals surface area contributed by atoms with E-state index in [0.29, 0.717) is 13.2 Å². The molecule has 0 aliphatic carbocycles. The van der Waals surface area contributed by atoms with E-state index in [4.69, 9.17) is 9.47 Å². The number of hydrogen-bond donors (Lipinski definition) is 1. The van der Waals surface area contributed by atoms with Crippen LogP contribution in [0.4, 0.5) is 0 Å². The van der Waals surface area contributed by atoms with Gasteiger partial charge >= 0.3 is 0 Å². The molecule has 0 radical (unpaired) electrons. The van der Waals surface area contributed by atoms with Crippen molar-refractivity contribution in [3.05, 3.63) is 48.0 Å². The summed E-state index contributed by atoms with van der Waals surface area (Å²) in [6.07, 6.45) is 3.60. The Morgan fingerprint density at radius 2 is 1.79 bits per heavy atom. The zero-order valence-corrected chi connectivity index (χ0v) is 11.8. The van der Waals surface area contributed by atoms with Crippen molar-refractivity contribution in [2.24, 2.45) is 5.92 Å². The second-order valence-electron chi connectivity index (χ2n) is 5.42. The number of hydrogen-bond acceptors (Lipinski definition) is 3. The summed E-state index contributed by atoms with van der Waals surface area (Å²) in [5, 5.41) is 10.5. The molecule has 104 valence electrons. The highest BCUT2D eigenvalue weighted by atomic mass is 16.7. The highest BCUT2D eigenvalue weighted by Crippen LogP contribution is 2.32. The van der Waals surface area contributed by atoms with Crippen LogP contribution in [0.25, 0.3) is 0 Å². The Bertz CT molecular complexity index is 429. The predicted molar refractivity (Wildman–Crippen MR) is 74.6 cm³/mol. The van der Waals surface area contributed by atoms with Gasteiger partial charge in [0.05, 0.1) is 13.2 Å². The lowest BCUT2D eigenvalue weighted by molar-refractivity contribution is -0.148. The van der Waals surface area contributed by atoms with E-state index < -0.39 is 11.4 Å². The Morgan fingerprint density at radius 3 is 2.32 bits per heavy atom. The van der Waals surface area contributed by atoms with E-state index in [-0.39, 0.29) is 5.92 Å². The molecular formula is C16H22O3. The Morgan fingerprint density at radius 1 is 1.21 bits per heavy atom. The van der Waals surface area contributed by atoms with Crippen molar-refractivity contribution in [1.82, 2.24) is 0 Å². The highest BCUT2D eigenvalue weighted by Gasteiger charge is 2.38. The van der Waals surface area contributed by atoms with Gasteiger partial charge in [-0.2, -0.15) is 0 Å². The van der Waals surface area contributed by atoms with E-state index in [9.17, 15) is 5.11 Å². The van der Waals surface area contributed by atoms with E-state index >= 15 is 0 Å². The minimum Gasteiger partial charge on any atom is -0.381 e. The SMILES string of the molecule is CC(C)C1(/C=C/C(C)(O)c2ccccc2)OCCO1. The fourth-order valence-electron chi connectivity index (χ4n) is 2.22. The quantitative estimate of drug-likeness (QED) is 0.848. The molecule has 0 amide bonds. The van der Waals surface area contributed by atoms with E-state index in [2.05, 4.69) is 0 Å². The fraction of sp³-hybridized carbons (Fsp3) is 0.500. The van der Waals surface area contributed by atoms with Crippen molar-refractivity contribution in [3.63, 3.8) is 0 Å². The summed E-state index contributed by atoms with van der Waals surface area (Å²) in [7, 11) is 0. The average molecular weight is 262 g/mol. The summed E-state index contributed by atoms with van der Waals surface area (Å²) in [5.74, 6) is -0.517. The molecule has 1 aliphatic rings. The summed E-state index contributed by atoms with van der Waals surface area (Å²) >= 11 is 0. The first kappa shape index (κ1) is 14.3. The molecule has 2 rings (SSSR count). The third-order valence-electron chi connectivity index (χ3n) is 3.54. The molecule has 1 saturated heterocycles. The highest BCUT2D eigenvalue weighted by molar-refractivity contribution is 5.27. The molecule has 1 heterocycles. The average Bonchev–Trinajstić information content (AvgIpc) is 2.88. The third-order valence-corrected chi connectivity index (χ3v) is 3.54. The smallest absolute Gasteiger partial charge is 0.190 e. The first-order valence-corrected chi connectivity index (χ1v) is 6.72. The lowest BCUT2D eigenvalue weighted by Crippen LogP contribution is -2.35. The van der Waals surface area contributed by atoms with Crippen molar-refractivity contribution in [2.75, 3.05) is 13.2 Å². The Hall–Kier alpha value is -1.16. The predicted octanol–water partition coefficient (Wildman–Crippen LogP) is 2.85. The number of ether oxygens (including phenoxy) is 2. The molecule has 0 aromatic heterocycles. The lowest BCUT2D eigenvalue weighted by Gasteiger charge is -2.29. The molecule has 1 aromatic carbocycles. The standard InChI is InChI=1S/C16H22O3/c1-13(2)16(18-11-12-19-16)10-9-15(3,17)14-7-5-4-6-8-14/h4-10,13,17H,11-12H2,1-3H3/b10-9+. The topological polar surface area (TPSA) is 38.7 Å². The van der Waals surface area contributed by atoms with Gasteiger partial charge in [0.15, 0.2) is 5.79 Å². The Labute approximate surface area is 114 Å². The van der Waals surface area contributed by atoms with Crippen molar-refractivity contribution in [1.29, 1.82) is 0 Å². The van der Waals surface area contributed by atoms with Crippen LogP contribution in [0.1, 0.15) is 26.3 Å². The van der Waals surface area contributed by atoms with Crippen LogP contribution in [-0.4, -0.2) is 24.1 Å². The van der Waals surface area contributed by atoms with E-state index in [1.165, 1.54) is 0 Å². The zero-order valence-electron chi connectivity index (χ0n) is 11.8. The first-order chi connectivity index (χ1) is 8.96. The summed E-state index contributed by atoms with van der Waals surface area (Å²) in [5.41, 5.74) is -0.179. The van der Waals surface area contributed by atoms with Gasteiger partial charge in [-0.1, -0.05) is 44.2 Å². The molecule has 1 atom stereocenters. The van der Waals surface area contributed by atoms with E-state index in [0.717, 1.165) is 5.56 Å². The normalized spacial score (nSPS) is 21.9. The van der Waals surface area contributed by atoms with Crippen molar-refractivity contribution >= 4 is 0 Å². The maximum atomic E-state index is 10.5. The van der Waals surface area contributed by atoms with Crippen molar-refractivity contribution in [2.45, 2.75) is 32.2 Å². The van der Waals surface area contributed by atoms with Gasteiger partial charge in [-0.3, -0.25) is 0 Å². The van der Waals surface area contributed by atoms with E-state index in [1.54, 1.807) is 13.0 Å². The minimum atomic E-state index is -1.03. The van der Waals surface area contributed by atoms with Gasteiger partial charge in [0.2, 0.25) is 0 Å². The van der Waals surface area contributed by atoms with Crippen LogP contribution < -0.4 is 0 Å². The number of benzene rings is 1. The van der Waals surface area contributed by atoms with Crippen LogP contribution >= 0.6 is 0 Å². The third kappa shape index (κ3) is 3.06. The summed E-state index contributed by atoms with van der Waals surface area (Å²) < 4.78 is 11.4. The van der Waals surface area contributed by atoms with Gasteiger partial charge in [-0.25, -0.2) is 0 Å². The Kier molecular flexibility index (Phi) is 4.09. The van der Waals surface area contributed by atoms with Crippen LogP contribution in [-0.2, 0) is 15.1 Å².